The van der Waals surface area contributed by atoms with Gasteiger partial charge < -0.3 is 23.7 Å². The normalized spacial score (nSPS) is 13.4. The summed E-state index contributed by atoms with van der Waals surface area (Å²) in [7, 11) is 0. The van der Waals surface area contributed by atoms with Gasteiger partial charge in [0.05, 0.1) is 33.0 Å². The SMILES string of the molecule is CCCCCCCCOc1cc(/C=C/c2cc(OC[C@@H](C)CC)c(/C=C/c3cc(OC[C@@H](C)CC)c(-n4c5c[c]([Sn]([CH2]CCC)([CH2]CCC)[CH2]CCC)sc5c5s[c]([Sn]([CH2]CCC)([CH2]CCC)[CH2]CCC)cc54)cc3OC[C@@H](C)CC)cc2OC[C@@H](C)CC)cc(OCCCCCCCC)c1OCCCCCCCC. The fraction of sp³-hybridized carbons (Fsp3) is 0.694. The minimum Gasteiger partial charge on any atom is -0.493 e. The van der Waals surface area contributed by atoms with Crippen molar-refractivity contribution < 1.29 is 33.2 Å². The Balaban J connectivity index is 1.63. The van der Waals surface area contributed by atoms with Crippen molar-refractivity contribution in [3.8, 4) is 45.9 Å². The van der Waals surface area contributed by atoms with Crippen LogP contribution < -0.4 is 38.9 Å². The quantitative estimate of drug-likeness (QED) is 0.0214. The molecule has 620 valence electrons. The van der Waals surface area contributed by atoms with E-state index in [0.717, 1.165) is 132 Å². The van der Waals surface area contributed by atoms with Gasteiger partial charge in [0.2, 0.25) is 5.75 Å². The average Bonchev–Trinajstić information content (AvgIpc) is 1.55. The van der Waals surface area contributed by atoms with Crippen molar-refractivity contribution in [3.05, 3.63) is 70.8 Å². The van der Waals surface area contributed by atoms with Crippen molar-refractivity contribution in [2.45, 2.75) is 363 Å². The van der Waals surface area contributed by atoms with Crippen molar-refractivity contribution in [2.75, 3.05) is 46.2 Å². The number of hydrogen-bond acceptors (Lipinski definition) is 9. The van der Waals surface area contributed by atoms with E-state index in [4.69, 9.17) is 33.2 Å². The van der Waals surface area contributed by atoms with E-state index in [2.05, 4.69) is 218 Å². The van der Waals surface area contributed by atoms with Gasteiger partial charge >= 0.3 is 387 Å². The Labute approximate surface area is 691 Å². The molecule has 3 aromatic carbocycles. The van der Waals surface area contributed by atoms with E-state index in [-0.39, 0.29) is 0 Å². The van der Waals surface area contributed by atoms with Crippen molar-refractivity contribution in [2.24, 2.45) is 23.7 Å². The number of unbranched alkanes of at least 4 members (excludes halogenated alkanes) is 21. The first-order valence-corrected chi connectivity index (χ1v) is 62.6. The zero-order valence-electron chi connectivity index (χ0n) is 73.6. The summed E-state index contributed by atoms with van der Waals surface area (Å²) in [5.74, 6) is 7.18. The third kappa shape index (κ3) is 30.5. The maximum atomic E-state index is 7.42. The molecule has 6 rings (SSSR count). The molecule has 3 aromatic heterocycles. The molecule has 0 N–H and O–H groups in total. The van der Waals surface area contributed by atoms with Gasteiger partial charge in [-0.1, -0.05) is 170 Å². The van der Waals surface area contributed by atoms with E-state index in [1.54, 1.807) is 0 Å². The van der Waals surface area contributed by atoms with Crippen LogP contribution in [0.15, 0.2) is 48.5 Å². The summed E-state index contributed by atoms with van der Waals surface area (Å²) in [6.07, 6.45) is 50.4. The Morgan fingerprint density at radius 1 is 0.300 bits per heavy atom. The number of rotatable bonds is 65. The smallest absolute Gasteiger partial charge is 0.493 e. The number of benzene rings is 3. The fourth-order valence-electron chi connectivity index (χ4n) is 15.1. The average molecular weight is 1770 g/mol. The van der Waals surface area contributed by atoms with Crippen LogP contribution in [0.5, 0.6) is 40.2 Å². The van der Waals surface area contributed by atoms with Crippen molar-refractivity contribution in [1.29, 1.82) is 0 Å². The minimum absolute atomic E-state index is 0.356. The Morgan fingerprint density at radius 2 is 0.591 bits per heavy atom. The monoisotopic (exact) mass is 1770 g/mol. The van der Waals surface area contributed by atoms with Crippen LogP contribution in [0.25, 0.3) is 50.4 Å². The van der Waals surface area contributed by atoms with Crippen molar-refractivity contribution in [3.63, 3.8) is 0 Å². The predicted molar refractivity (Wildman–Crippen MR) is 493 cm³/mol. The van der Waals surface area contributed by atoms with E-state index in [0.29, 0.717) is 69.9 Å². The molecular weight excluding hydrogens is 1600 g/mol. The second-order valence-corrected chi connectivity index (χ2v) is 64.0. The summed E-state index contributed by atoms with van der Waals surface area (Å²) in [6, 6.07) is 19.1. The van der Waals surface area contributed by atoms with Gasteiger partial charge in [-0.3, -0.25) is 0 Å². The zero-order valence-corrected chi connectivity index (χ0v) is 80.9. The number of hydrogen-bond donors (Lipinski definition) is 0. The van der Waals surface area contributed by atoms with Gasteiger partial charge in [-0.2, -0.15) is 0 Å². The molecule has 0 bridgehead atoms. The van der Waals surface area contributed by atoms with Gasteiger partial charge in [0.25, 0.3) is 0 Å². The Morgan fingerprint density at radius 3 is 0.927 bits per heavy atom. The van der Waals surface area contributed by atoms with Gasteiger partial charge in [0.1, 0.15) is 5.75 Å². The molecule has 3 heterocycles. The molecule has 0 aliphatic heterocycles. The first-order chi connectivity index (χ1) is 53.6. The molecule has 0 aliphatic carbocycles. The predicted octanol–water partition coefficient (Wildman–Crippen LogP) is 31.3. The van der Waals surface area contributed by atoms with E-state index in [1.807, 2.05) is 5.79 Å². The van der Waals surface area contributed by atoms with Crippen LogP contribution in [0.4, 0.5) is 0 Å². The number of nitrogens with zero attached hydrogens (tertiary/aromatic N) is 1. The summed E-state index contributed by atoms with van der Waals surface area (Å²) >= 11 is -1.37. The van der Waals surface area contributed by atoms with Gasteiger partial charge in [-0.25, -0.2) is 0 Å². The van der Waals surface area contributed by atoms with Crippen LogP contribution >= 0.6 is 22.7 Å². The van der Waals surface area contributed by atoms with Gasteiger partial charge in [0, 0.05) is 5.56 Å². The molecule has 0 radical (unpaired) electrons. The maximum absolute atomic E-state index is 7.42. The Kier molecular flexibility index (Phi) is 47.2. The topological polar surface area (TPSA) is 69.5 Å². The molecule has 0 fully saturated rings. The molecule has 12 heteroatoms. The summed E-state index contributed by atoms with van der Waals surface area (Å²) in [5, 5.41) is 0. The molecule has 6 aromatic rings. The first-order valence-electron chi connectivity index (χ1n) is 46.0. The van der Waals surface area contributed by atoms with E-state index < -0.39 is 36.8 Å². The fourth-order valence-corrected chi connectivity index (χ4v) is 55.7. The van der Waals surface area contributed by atoms with Crippen LogP contribution in [-0.2, 0) is 0 Å². The molecule has 0 aliphatic rings. The summed E-state index contributed by atoms with van der Waals surface area (Å²) < 4.78 is 67.5. The van der Waals surface area contributed by atoms with Gasteiger partial charge in [-0.05, 0) is 54.9 Å². The molecule has 0 saturated heterocycles. The Bertz CT molecular complexity index is 3360. The second kappa shape index (κ2) is 54.5. The van der Waals surface area contributed by atoms with E-state index in [1.165, 1.54) is 201 Å². The summed E-state index contributed by atoms with van der Waals surface area (Å²) in [4.78, 5) is 0. The van der Waals surface area contributed by atoms with E-state index in [9.17, 15) is 0 Å². The van der Waals surface area contributed by atoms with Crippen molar-refractivity contribution >= 4 is 110 Å². The third-order valence-electron chi connectivity index (χ3n) is 23.8. The summed E-state index contributed by atoms with van der Waals surface area (Å²) in [6.45, 7) is 44.1. The van der Waals surface area contributed by atoms with Crippen LogP contribution in [0.2, 0.25) is 26.6 Å². The molecule has 0 saturated carbocycles. The molecule has 0 amide bonds. The van der Waals surface area contributed by atoms with Gasteiger partial charge in [0.15, 0.2) is 11.5 Å². The third-order valence-corrected chi connectivity index (χ3v) is 62.6. The second-order valence-electron chi connectivity index (χ2n) is 33.6. The number of thiophene rings is 2. The molecule has 4 atom stereocenters. The molecule has 8 nitrogen and oxygen atoms in total. The van der Waals surface area contributed by atoms with Crippen LogP contribution in [0.3, 0.4) is 0 Å². The zero-order chi connectivity index (χ0) is 79.4. The van der Waals surface area contributed by atoms with Crippen LogP contribution in [-0.4, -0.2) is 87.6 Å². The van der Waals surface area contributed by atoms with Crippen molar-refractivity contribution in [1.82, 2.24) is 4.57 Å². The first kappa shape index (κ1) is 95.4. The van der Waals surface area contributed by atoms with Crippen LogP contribution in [0.1, 0.15) is 358 Å². The standard InChI is InChI=1S/C74H107NO7S2.6C4H9.2Sn/c1-12-19-22-25-28-31-40-76-70-45-59(46-71(77-41-32-29-26-23-20-13-2)72(70)78-42-33-30-27-24-21-14-3)34-35-60-47-67(80-52-56(9)16-5)61(48-66(60)79-51-55(8)15-4)36-37-62-49-69(82-54-58(11)18-7)65(50-68(62)81-53-57(10)17-6)75-63-38-43-83-73(63)74-64(75)39-44-84-74;6*1-3-4-2;;/h34-39,45-50,55-58H,12-33,40-42,51-54H2,1-11H3;6*1,3-4H2,2H3;;/b35-34+,37-36+;;;;;;;;/t55-,56-,57-,58-;;;;;;;;/m0......../s1. The Hall–Kier alpha value is -3.46. The molecular formula is C98H161NO7S2Sn2. The number of aromatic nitrogens is 1. The molecule has 0 spiro atoms. The number of fused-ring (bicyclic) bond motifs is 3. The van der Waals surface area contributed by atoms with Crippen LogP contribution in [0, 0.1) is 23.7 Å². The van der Waals surface area contributed by atoms with E-state index >= 15 is 0 Å². The molecule has 110 heavy (non-hydrogen) atoms. The molecule has 0 unspecified atom stereocenters. The summed E-state index contributed by atoms with van der Waals surface area (Å²) in [5.41, 5.74) is 7.82. The van der Waals surface area contributed by atoms with Gasteiger partial charge in [-0.15, -0.1) is 0 Å². The number of ether oxygens (including phenoxy) is 7. The minimum atomic E-state index is -2.94.